The van der Waals surface area contributed by atoms with E-state index in [0.29, 0.717) is 17.8 Å². The fourth-order valence-corrected chi connectivity index (χ4v) is 2.03. The molecule has 0 atom stereocenters. The van der Waals surface area contributed by atoms with E-state index in [0.717, 1.165) is 5.75 Å². The molecule has 0 saturated carbocycles. The van der Waals surface area contributed by atoms with Crippen LogP contribution in [0.3, 0.4) is 0 Å². The number of non-ortho nitro benzene ring substituents is 1. The van der Waals surface area contributed by atoms with Crippen molar-refractivity contribution < 1.29 is 9.72 Å². The zero-order chi connectivity index (χ0) is 14.4. The van der Waals surface area contributed by atoms with E-state index in [1.807, 2.05) is 6.26 Å². The summed E-state index contributed by atoms with van der Waals surface area (Å²) in [7, 11) is 3.37. The first kappa shape index (κ1) is 15.3. The largest absolute Gasteiger partial charge is 0.387 e. The van der Waals surface area contributed by atoms with Crippen molar-refractivity contribution in [3.05, 3.63) is 33.9 Å². The van der Waals surface area contributed by atoms with Crippen LogP contribution in [-0.4, -0.2) is 48.4 Å². The van der Waals surface area contributed by atoms with E-state index in [9.17, 15) is 14.9 Å². The molecule has 1 aromatic rings. The van der Waals surface area contributed by atoms with Crippen LogP contribution >= 0.6 is 11.8 Å². The zero-order valence-electron chi connectivity index (χ0n) is 11.2. The van der Waals surface area contributed by atoms with Crippen molar-refractivity contribution in [1.29, 1.82) is 0 Å². The summed E-state index contributed by atoms with van der Waals surface area (Å²) in [6.45, 7) is 0.603. The van der Waals surface area contributed by atoms with Gasteiger partial charge in [0.2, 0.25) is 0 Å². The molecule has 0 heterocycles. The van der Waals surface area contributed by atoms with Crippen LogP contribution < -0.4 is 5.32 Å². The minimum Gasteiger partial charge on any atom is -0.387 e. The predicted octanol–water partition coefficient (Wildman–Crippen LogP) is 2.07. The summed E-state index contributed by atoms with van der Waals surface area (Å²) in [4.78, 5) is 24.1. The Kier molecular flexibility index (Phi) is 5.62. The molecule has 104 valence electrons. The van der Waals surface area contributed by atoms with Crippen LogP contribution in [0.25, 0.3) is 0 Å². The second-order valence-corrected chi connectivity index (χ2v) is 4.94. The average Bonchev–Trinajstić information content (AvgIpc) is 2.42. The lowest BCUT2D eigenvalue weighted by Crippen LogP contribution is -2.29. The van der Waals surface area contributed by atoms with Gasteiger partial charge in [0.15, 0.2) is 0 Å². The molecular formula is C12H17N3O3S. The Morgan fingerprint density at radius 1 is 1.53 bits per heavy atom. The average molecular weight is 283 g/mol. The minimum absolute atomic E-state index is 0.0828. The fraction of sp³-hybridized carbons (Fsp3) is 0.417. The number of nitrogens with one attached hydrogen (secondary N) is 1. The number of hydrogen-bond acceptors (Lipinski definition) is 5. The number of nitrogens with zero attached hydrogens (tertiary/aromatic N) is 2. The smallest absolute Gasteiger partial charge is 0.270 e. The molecule has 0 aliphatic rings. The number of thioether (sulfide) groups is 1. The molecule has 1 aromatic carbocycles. The Labute approximate surface area is 116 Å². The van der Waals surface area contributed by atoms with Gasteiger partial charge < -0.3 is 10.2 Å². The number of rotatable bonds is 6. The molecule has 1 rings (SSSR count). The molecule has 1 amide bonds. The van der Waals surface area contributed by atoms with Crippen LogP contribution in [0.1, 0.15) is 10.4 Å². The van der Waals surface area contributed by atoms with Gasteiger partial charge in [-0.05, 0) is 12.3 Å². The number of carbonyl (C=O) groups excluding carboxylic acids is 1. The summed E-state index contributed by atoms with van der Waals surface area (Å²) in [6.07, 6.45) is 1.96. The summed E-state index contributed by atoms with van der Waals surface area (Å²) in [5.41, 5.74) is 0.826. The lowest BCUT2D eigenvalue weighted by molar-refractivity contribution is -0.384. The third-order valence-corrected chi connectivity index (χ3v) is 3.28. The zero-order valence-corrected chi connectivity index (χ0v) is 12.0. The van der Waals surface area contributed by atoms with Crippen molar-refractivity contribution >= 4 is 29.0 Å². The maximum Gasteiger partial charge on any atom is 0.270 e. The van der Waals surface area contributed by atoms with Crippen LogP contribution in [0.15, 0.2) is 18.2 Å². The topological polar surface area (TPSA) is 75.5 Å². The minimum atomic E-state index is -0.502. The third kappa shape index (κ3) is 3.85. The number of amides is 1. The van der Waals surface area contributed by atoms with E-state index in [4.69, 9.17) is 0 Å². The number of anilines is 1. The van der Waals surface area contributed by atoms with E-state index in [2.05, 4.69) is 5.32 Å². The van der Waals surface area contributed by atoms with Gasteiger partial charge in [0, 0.05) is 44.2 Å². The molecule has 19 heavy (non-hydrogen) atoms. The predicted molar refractivity (Wildman–Crippen MR) is 78.0 cm³/mol. The van der Waals surface area contributed by atoms with Gasteiger partial charge in [-0.2, -0.15) is 11.8 Å². The lowest BCUT2D eigenvalue weighted by Gasteiger charge is -2.18. The highest BCUT2D eigenvalue weighted by Crippen LogP contribution is 2.23. The number of nitro benzene ring substituents is 1. The molecule has 0 fully saturated rings. The number of hydrogen-bond donors (Lipinski definition) is 1. The number of carbonyl (C=O) groups is 1. The molecule has 0 radical (unpaired) electrons. The van der Waals surface area contributed by atoms with Gasteiger partial charge in [0.05, 0.1) is 10.5 Å². The molecule has 6 nitrogen and oxygen atoms in total. The summed E-state index contributed by atoms with van der Waals surface area (Å²) < 4.78 is 0. The van der Waals surface area contributed by atoms with Crippen LogP contribution in [0, 0.1) is 10.1 Å². The maximum atomic E-state index is 12.3. The fourth-order valence-electron chi connectivity index (χ4n) is 1.58. The summed E-state index contributed by atoms with van der Waals surface area (Å²) in [5.74, 6) is 0.605. The molecule has 7 heteroatoms. The van der Waals surface area contributed by atoms with Gasteiger partial charge in [-0.25, -0.2) is 0 Å². The highest BCUT2D eigenvalue weighted by Gasteiger charge is 2.19. The van der Waals surface area contributed by atoms with Gasteiger partial charge in [-0.3, -0.25) is 14.9 Å². The quantitative estimate of drug-likeness (QED) is 0.639. The molecular weight excluding hydrogens is 266 g/mol. The van der Waals surface area contributed by atoms with Crippen molar-refractivity contribution in [2.75, 3.05) is 38.0 Å². The van der Waals surface area contributed by atoms with Crippen molar-refractivity contribution in [1.82, 2.24) is 4.90 Å². The lowest BCUT2D eigenvalue weighted by atomic mass is 10.1. The third-order valence-electron chi connectivity index (χ3n) is 2.69. The molecule has 0 aliphatic heterocycles. The molecule has 0 aromatic heterocycles. The Balaban J connectivity index is 3.05. The molecule has 1 N–H and O–H groups in total. The maximum absolute atomic E-state index is 12.3. The van der Waals surface area contributed by atoms with Crippen LogP contribution in [-0.2, 0) is 0 Å². The number of nitro groups is 1. The normalized spacial score (nSPS) is 10.1. The highest BCUT2D eigenvalue weighted by molar-refractivity contribution is 7.98. The van der Waals surface area contributed by atoms with Gasteiger partial charge in [-0.15, -0.1) is 0 Å². The van der Waals surface area contributed by atoms with Crippen LogP contribution in [0.2, 0.25) is 0 Å². The highest BCUT2D eigenvalue weighted by atomic mass is 32.2. The van der Waals surface area contributed by atoms with Crippen molar-refractivity contribution in [2.24, 2.45) is 0 Å². The molecule has 0 spiro atoms. The van der Waals surface area contributed by atoms with Crippen molar-refractivity contribution in [3.8, 4) is 0 Å². The van der Waals surface area contributed by atoms with Crippen LogP contribution in [0.4, 0.5) is 11.4 Å². The summed E-state index contributed by atoms with van der Waals surface area (Å²) in [5, 5.41) is 13.7. The Bertz CT molecular complexity index is 479. The first-order valence-electron chi connectivity index (χ1n) is 5.71. The van der Waals surface area contributed by atoms with E-state index in [1.165, 1.54) is 12.1 Å². The van der Waals surface area contributed by atoms with Crippen LogP contribution in [0.5, 0.6) is 0 Å². The van der Waals surface area contributed by atoms with Gasteiger partial charge >= 0.3 is 0 Å². The molecule has 0 saturated heterocycles. The summed E-state index contributed by atoms with van der Waals surface area (Å²) in [6, 6.07) is 4.24. The summed E-state index contributed by atoms with van der Waals surface area (Å²) >= 11 is 1.64. The Hall–Kier alpha value is -1.76. The Morgan fingerprint density at radius 3 is 2.74 bits per heavy atom. The molecule has 0 aliphatic carbocycles. The number of benzene rings is 1. The monoisotopic (exact) mass is 283 g/mol. The van der Waals surface area contributed by atoms with Crippen molar-refractivity contribution in [3.63, 3.8) is 0 Å². The Morgan fingerprint density at radius 2 is 2.21 bits per heavy atom. The van der Waals surface area contributed by atoms with Gasteiger partial charge in [0.25, 0.3) is 11.6 Å². The van der Waals surface area contributed by atoms with E-state index in [-0.39, 0.29) is 11.6 Å². The molecule has 0 unspecified atom stereocenters. The van der Waals surface area contributed by atoms with Gasteiger partial charge in [-0.1, -0.05) is 0 Å². The van der Waals surface area contributed by atoms with E-state index >= 15 is 0 Å². The SMILES string of the molecule is CNc1ccc([N+](=O)[O-])cc1C(=O)N(C)CCSC. The van der Waals surface area contributed by atoms with E-state index < -0.39 is 4.92 Å². The second kappa shape index (κ2) is 6.98. The van der Waals surface area contributed by atoms with E-state index in [1.54, 1.807) is 36.8 Å². The van der Waals surface area contributed by atoms with Gasteiger partial charge in [0.1, 0.15) is 0 Å². The standard InChI is InChI=1S/C12H17N3O3S/c1-13-11-5-4-9(15(17)18)8-10(11)12(16)14(2)6-7-19-3/h4-5,8,13H,6-7H2,1-3H3. The first-order chi connectivity index (χ1) is 9.01. The molecule has 0 bridgehead atoms. The first-order valence-corrected chi connectivity index (χ1v) is 7.11. The second-order valence-electron chi connectivity index (χ2n) is 3.96. The van der Waals surface area contributed by atoms with Crippen molar-refractivity contribution in [2.45, 2.75) is 0 Å².